The highest BCUT2D eigenvalue weighted by atomic mass is 19.4. The van der Waals surface area contributed by atoms with Crippen molar-refractivity contribution in [1.82, 2.24) is 10.6 Å². The first-order chi connectivity index (χ1) is 12.3. The molecule has 140 valence electrons. The molecule has 0 aliphatic rings. The predicted octanol–water partition coefficient (Wildman–Crippen LogP) is 3.46. The standard InChI is InChI=1S/C18H19F4N3O/c1-23-17(25-11-13-4-7-16(26)15(19)10-13)24-9-8-12-2-5-14(6-3-12)18(20,21)22/h2-7,10,26H,8-9,11H2,1H3,(H2,23,24,25). The van der Waals surface area contributed by atoms with Crippen LogP contribution in [0.5, 0.6) is 5.75 Å². The molecule has 0 spiro atoms. The number of aliphatic imine (C=N–C) groups is 1. The number of phenols is 1. The van der Waals surface area contributed by atoms with Crippen LogP contribution >= 0.6 is 0 Å². The van der Waals surface area contributed by atoms with E-state index in [-0.39, 0.29) is 0 Å². The molecule has 8 heteroatoms. The van der Waals surface area contributed by atoms with Gasteiger partial charge in [-0.1, -0.05) is 18.2 Å². The van der Waals surface area contributed by atoms with Gasteiger partial charge in [0.05, 0.1) is 5.56 Å². The number of rotatable bonds is 5. The summed E-state index contributed by atoms with van der Waals surface area (Å²) in [5.41, 5.74) is 0.723. The molecule has 0 saturated heterocycles. The Bertz CT molecular complexity index is 758. The number of hydrogen-bond acceptors (Lipinski definition) is 2. The fraction of sp³-hybridized carbons (Fsp3) is 0.278. The zero-order chi connectivity index (χ0) is 19.2. The topological polar surface area (TPSA) is 56.7 Å². The summed E-state index contributed by atoms with van der Waals surface area (Å²) in [6.45, 7) is 0.770. The number of aromatic hydroxyl groups is 1. The number of phenolic OH excluding ortho intramolecular Hbond substituents is 1. The van der Waals surface area contributed by atoms with Crippen LogP contribution in [0.2, 0.25) is 0 Å². The summed E-state index contributed by atoms with van der Waals surface area (Å²) in [6, 6.07) is 9.08. The van der Waals surface area contributed by atoms with Gasteiger partial charge in [0.15, 0.2) is 17.5 Å². The molecule has 0 fully saturated rings. The number of halogens is 4. The second-order valence-corrected chi connectivity index (χ2v) is 5.58. The van der Waals surface area contributed by atoms with Crippen LogP contribution in [0.15, 0.2) is 47.5 Å². The molecule has 26 heavy (non-hydrogen) atoms. The number of nitrogens with one attached hydrogen (secondary N) is 2. The van der Waals surface area contributed by atoms with Gasteiger partial charge in [-0.05, 0) is 41.8 Å². The molecule has 0 aliphatic heterocycles. The Kier molecular flexibility index (Phi) is 6.43. The molecule has 0 unspecified atom stereocenters. The Labute approximate surface area is 148 Å². The average molecular weight is 369 g/mol. The smallest absolute Gasteiger partial charge is 0.416 e. The van der Waals surface area contributed by atoms with Crippen molar-refractivity contribution in [2.45, 2.75) is 19.1 Å². The summed E-state index contributed by atoms with van der Waals surface area (Å²) >= 11 is 0. The molecule has 0 aromatic heterocycles. The van der Waals surface area contributed by atoms with E-state index >= 15 is 0 Å². The fourth-order valence-corrected chi connectivity index (χ4v) is 2.25. The summed E-state index contributed by atoms with van der Waals surface area (Å²) in [6.07, 6.45) is -3.82. The minimum absolute atomic E-state index is 0.303. The number of alkyl halides is 3. The van der Waals surface area contributed by atoms with Gasteiger partial charge >= 0.3 is 6.18 Å². The van der Waals surface area contributed by atoms with Crippen LogP contribution in [0.25, 0.3) is 0 Å². The maximum Gasteiger partial charge on any atom is 0.416 e. The molecular weight excluding hydrogens is 350 g/mol. The lowest BCUT2D eigenvalue weighted by atomic mass is 10.1. The van der Waals surface area contributed by atoms with E-state index in [0.717, 1.165) is 17.7 Å². The highest BCUT2D eigenvalue weighted by molar-refractivity contribution is 5.79. The molecule has 0 heterocycles. The average Bonchev–Trinajstić information content (AvgIpc) is 2.60. The molecule has 0 saturated carbocycles. The first-order valence-corrected chi connectivity index (χ1v) is 7.87. The van der Waals surface area contributed by atoms with Gasteiger partial charge in [-0.3, -0.25) is 4.99 Å². The Morgan fingerprint density at radius 3 is 2.27 bits per heavy atom. The lowest BCUT2D eigenvalue weighted by molar-refractivity contribution is -0.137. The second-order valence-electron chi connectivity index (χ2n) is 5.58. The second kappa shape index (κ2) is 8.55. The van der Waals surface area contributed by atoms with Crippen molar-refractivity contribution >= 4 is 5.96 Å². The van der Waals surface area contributed by atoms with Gasteiger partial charge in [-0.25, -0.2) is 4.39 Å². The lowest BCUT2D eigenvalue weighted by Crippen LogP contribution is -2.37. The number of guanidine groups is 1. The zero-order valence-electron chi connectivity index (χ0n) is 14.1. The molecule has 2 rings (SSSR count). The lowest BCUT2D eigenvalue weighted by Gasteiger charge is -2.12. The van der Waals surface area contributed by atoms with E-state index in [4.69, 9.17) is 5.11 Å². The summed E-state index contributed by atoms with van der Waals surface area (Å²) in [5.74, 6) is -0.632. The quantitative estimate of drug-likeness (QED) is 0.430. The molecule has 4 nitrogen and oxygen atoms in total. The summed E-state index contributed by atoms with van der Waals surface area (Å²) in [4.78, 5) is 4.02. The molecule has 2 aromatic rings. The first kappa shape index (κ1) is 19.6. The largest absolute Gasteiger partial charge is 0.505 e. The Morgan fingerprint density at radius 2 is 1.69 bits per heavy atom. The predicted molar refractivity (Wildman–Crippen MR) is 91.4 cm³/mol. The zero-order valence-corrected chi connectivity index (χ0v) is 14.1. The van der Waals surface area contributed by atoms with Gasteiger partial charge in [0, 0.05) is 20.1 Å². The molecule has 2 aromatic carbocycles. The van der Waals surface area contributed by atoms with Crippen molar-refractivity contribution in [3.63, 3.8) is 0 Å². The van der Waals surface area contributed by atoms with E-state index in [2.05, 4.69) is 15.6 Å². The van der Waals surface area contributed by atoms with Gasteiger partial charge < -0.3 is 15.7 Å². The molecule has 0 amide bonds. The SMILES string of the molecule is CN=C(NCCc1ccc(C(F)(F)F)cc1)NCc1ccc(O)c(F)c1. The number of nitrogens with zero attached hydrogens (tertiary/aromatic N) is 1. The molecule has 3 N–H and O–H groups in total. The maximum absolute atomic E-state index is 13.3. The third kappa shape index (κ3) is 5.65. The third-order valence-corrected chi connectivity index (χ3v) is 3.68. The van der Waals surface area contributed by atoms with Crippen LogP contribution in [0.4, 0.5) is 17.6 Å². The van der Waals surface area contributed by atoms with Crippen molar-refractivity contribution < 1.29 is 22.7 Å². The monoisotopic (exact) mass is 369 g/mol. The van der Waals surface area contributed by atoms with E-state index in [1.807, 2.05) is 0 Å². The van der Waals surface area contributed by atoms with Crippen molar-refractivity contribution in [3.8, 4) is 5.75 Å². The molecule has 0 atom stereocenters. The summed E-state index contributed by atoms with van der Waals surface area (Å²) < 4.78 is 50.8. The third-order valence-electron chi connectivity index (χ3n) is 3.68. The van der Waals surface area contributed by atoms with Crippen LogP contribution in [-0.4, -0.2) is 24.7 Å². The van der Waals surface area contributed by atoms with Crippen molar-refractivity contribution in [2.75, 3.05) is 13.6 Å². The van der Waals surface area contributed by atoms with Gasteiger partial charge in [-0.2, -0.15) is 13.2 Å². The number of hydrogen-bond donors (Lipinski definition) is 3. The summed E-state index contributed by atoms with van der Waals surface area (Å²) in [7, 11) is 1.57. The van der Waals surface area contributed by atoms with E-state index < -0.39 is 23.3 Å². The van der Waals surface area contributed by atoms with Gasteiger partial charge in [-0.15, -0.1) is 0 Å². The van der Waals surface area contributed by atoms with Crippen molar-refractivity contribution in [3.05, 3.63) is 65.0 Å². The Hall–Kier alpha value is -2.77. The van der Waals surface area contributed by atoms with E-state index in [9.17, 15) is 17.6 Å². The van der Waals surface area contributed by atoms with E-state index in [1.54, 1.807) is 13.1 Å². The van der Waals surface area contributed by atoms with Crippen molar-refractivity contribution in [2.24, 2.45) is 4.99 Å². The molecule has 0 aliphatic carbocycles. The van der Waals surface area contributed by atoms with Crippen LogP contribution in [-0.2, 0) is 19.1 Å². The van der Waals surface area contributed by atoms with Gasteiger partial charge in [0.25, 0.3) is 0 Å². The normalized spacial score (nSPS) is 12.1. The Balaban J connectivity index is 1.80. The minimum atomic E-state index is -4.34. The van der Waals surface area contributed by atoms with E-state index in [0.29, 0.717) is 31.0 Å². The first-order valence-electron chi connectivity index (χ1n) is 7.87. The van der Waals surface area contributed by atoms with Crippen LogP contribution in [0.3, 0.4) is 0 Å². The summed E-state index contributed by atoms with van der Waals surface area (Å²) in [5, 5.41) is 15.2. The van der Waals surface area contributed by atoms with Crippen molar-refractivity contribution in [1.29, 1.82) is 0 Å². The molecular formula is C18H19F4N3O. The fourth-order valence-electron chi connectivity index (χ4n) is 2.25. The van der Waals surface area contributed by atoms with Gasteiger partial charge in [0.2, 0.25) is 0 Å². The highest BCUT2D eigenvalue weighted by Gasteiger charge is 2.29. The van der Waals surface area contributed by atoms with Gasteiger partial charge in [0.1, 0.15) is 0 Å². The van der Waals surface area contributed by atoms with Crippen LogP contribution in [0, 0.1) is 5.82 Å². The van der Waals surface area contributed by atoms with Crippen LogP contribution < -0.4 is 10.6 Å². The molecule has 0 bridgehead atoms. The van der Waals surface area contributed by atoms with E-state index in [1.165, 1.54) is 24.3 Å². The Morgan fingerprint density at radius 1 is 1.04 bits per heavy atom. The van der Waals surface area contributed by atoms with Crippen LogP contribution in [0.1, 0.15) is 16.7 Å². The molecule has 0 radical (unpaired) electrons. The maximum atomic E-state index is 13.3. The number of benzene rings is 2. The minimum Gasteiger partial charge on any atom is -0.505 e. The highest BCUT2D eigenvalue weighted by Crippen LogP contribution is 2.29.